The van der Waals surface area contributed by atoms with Gasteiger partial charge in [0.15, 0.2) is 0 Å². The summed E-state index contributed by atoms with van der Waals surface area (Å²) < 4.78 is 23.3. The Kier molecular flexibility index (Phi) is 4.49. The molecule has 1 aromatic carbocycles. The van der Waals surface area contributed by atoms with Gasteiger partial charge in [0, 0.05) is 13.0 Å². The summed E-state index contributed by atoms with van der Waals surface area (Å²) in [6.45, 7) is 4.27. The summed E-state index contributed by atoms with van der Waals surface area (Å²) in [6, 6.07) is 10.2. The van der Waals surface area contributed by atoms with Gasteiger partial charge in [0.25, 0.3) is 0 Å². The average molecular weight is 349 g/mol. The topological polar surface area (TPSA) is 54.5 Å². The third-order valence-corrected chi connectivity index (χ3v) is 7.50. The summed E-state index contributed by atoms with van der Waals surface area (Å²) in [5.74, 6) is 0.988. The molecule has 1 saturated carbocycles. The molecular formula is C19H27NO3S. The number of nitrogens with zero attached hydrogens (tertiary/aromatic N) is 1. The van der Waals surface area contributed by atoms with Gasteiger partial charge in [0.2, 0.25) is 5.91 Å². The van der Waals surface area contributed by atoms with Crippen LogP contribution in [0.4, 0.5) is 0 Å². The standard InChI is InChI=1S/C19H27NO3S/c1-14(2)17(15-7-5-4-6-8-15)20(3)18(21)16-13-19(16)9-11-24(22,23)12-10-19/h4-8,14,16-17H,9-13H2,1-3H3/t16-,17-/m1/s1. The van der Waals surface area contributed by atoms with Gasteiger partial charge >= 0.3 is 0 Å². The summed E-state index contributed by atoms with van der Waals surface area (Å²) in [6.07, 6.45) is 2.15. The number of amides is 1. The van der Waals surface area contributed by atoms with Crippen LogP contribution in [-0.2, 0) is 14.6 Å². The van der Waals surface area contributed by atoms with Gasteiger partial charge in [0.1, 0.15) is 9.84 Å². The van der Waals surface area contributed by atoms with Crippen molar-refractivity contribution in [3.8, 4) is 0 Å². The number of sulfone groups is 1. The lowest BCUT2D eigenvalue weighted by Crippen LogP contribution is -2.37. The maximum absolute atomic E-state index is 13.0. The van der Waals surface area contributed by atoms with Crippen molar-refractivity contribution < 1.29 is 13.2 Å². The van der Waals surface area contributed by atoms with Crippen molar-refractivity contribution in [2.24, 2.45) is 17.3 Å². The molecule has 2 atom stereocenters. The molecule has 1 aliphatic heterocycles. The Morgan fingerprint density at radius 3 is 2.29 bits per heavy atom. The van der Waals surface area contributed by atoms with Crippen LogP contribution >= 0.6 is 0 Å². The number of carbonyl (C=O) groups is 1. The van der Waals surface area contributed by atoms with E-state index in [2.05, 4.69) is 26.0 Å². The number of benzene rings is 1. The molecule has 1 spiro atoms. The summed E-state index contributed by atoms with van der Waals surface area (Å²) >= 11 is 0. The first kappa shape index (κ1) is 17.5. The van der Waals surface area contributed by atoms with Crippen LogP contribution in [-0.4, -0.2) is 37.8 Å². The Hall–Kier alpha value is -1.36. The summed E-state index contributed by atoms with van der Waals surface area (Å²) in [5, 5.41) is 0. The third-order valence-electron chi connectivity index (χ3n) is 5.85. The van der Waals surface area contributed by atoms with Crippen molar-refractivity contribution in [2.75, 3.05) is 18.6 Å². The second kappa shape index (κ2) is 6.17. The molecule has 4 nitrogen and oxygen atoms in total. The Morgan fingerprint density at radius 1 is 1.17 bits per heavy atom. The van der Waals surface area contributed by atoms with Crippen molar-refractivity contribution in [3.63, 3.8) is 0 Å². The Morgan fingerprint density at radius 2 is 1.75 bits per heavy atom. The van der Waals surface area contributed by atoms with Crippen molar-refractivity contribution in [1.82, 2.24) is 4.90 Å². The number of rotatable bonds is 4. The highest BCUT2D eigenvalue weighted by Crippen LogP contribution is 2.60. The van der Waals surface area contributed by atoms with E-state index in [0.717, 1.165) is 12.0 Å². The zero-order chi connectivity index (χ0) is 17.5. The van der Waals surface area contributed by atoms with Crippen LogP contribution < -0.4 is 0 Å². The number of hydrogen-bond donors (Lipinski definition) is 0. The minimum absolute atomic E-state index is 0.00274. The Labute approximate surface area is 145 Å². The van der Waals surface area contributed by atoms with Crippen LogP contribution in [0.25, 0.3) is 0 Å². The zero-order valence-electron chi connectivity index (χ0n) is 14.7. The zero-order valence-corrected chi connectivity index (χ0v) is 15.6. The molecule has 5 heteroatoms. The molecule has 2 aliphatic rings. The molecule has 24 heavy (non-hydrogen) atoms. The molecule has 1 aromatic rings. The van der Waals surface area contributed by atoms with E-state index in [1.165, 1.54) is 0 Å². The van der Waals surface area contributed by atoms with Crippen molar-refractivity contribution >= 4 is 15.7 Å². The first-order chi connectivity index (χ1) is 11.3. The number of carbonyl (C=O) groups excluding carboxylic acids is 1. The van der Waals surface area contributed by atoms with E-state index < -0.39 is 9.84 Å². The molecule has 2 fully saturated rings. The van der Waals surface area contributed by atoms with Crippen LogP contribution in [0.5, 0.6) is 0 Å². The fourth-order valence-corrected chi connectivity index (χ4v) is 5.92. The molecule has 0 aromatic heterocycles. The Bertz CT molecular complexity index is 697. The van der Waals surface area contributed by atoms with Crippen LogP contribution in [0.15, 0.2) is 30.3 Å². The average Bonchev–Trinajstić information content (AvgIpc) is 3.25. The van der Waals surface area contributed by atoms with E-state index in [0.29, 0.717) is 18.8 Å². The first-order valence-corrected chi connectivity index (χ1v) is 10.6. The third kappa shape index (κ3) is 3.23. The maximum Gasteiger partial charge on any atom is 0.226 e. The van der Waals surface area contributed by atoms with Crippen LogP contribution in [0.1, 0.15) is 44.7 Å². The van der Waals surface area contributed by atoms with Crippen molar-refractivity contribution in [2.45, 2.75) is 39.2 Å². The molecule has 1 saturated heterocycles. The smallest absolute Gasteiger partial charge is 0.226 e. The molecule has 0 N–H and O–H groups in total. The minimum Gasteiger partial charge on any atom is -0.338 e. The van der Waals surface area contributed by atoms with Gasteiger partial charge in [-0.1, -0.05) is 44.2 Å². The normalized spacial score (nSPS) is 25.4. The predicted molar refractivity (Wildman–Crippen MR) is 95.2 cm³/mol. The van der Waals surface area contributed by atoms with Gasteiger partial charge < -0.3 is 4.90 Å². The van der Waals surface area contributed by atoms with Crippen LogP contribution in [0.3, 0.4) is 0 Å². The molecule has 1 amide bonds. The lowest BCUT2D eigenvalue weighted by atomic mass is 9.92. The van der Waals surface area contributed by atoms with Gasteiger partial charge in [0.05, 0.1) is 17.5 Å². The van der Waals surface area contributed by atoms with E-state index in [9.17, 15) is 13.2 Å². The molecule has 1 aliphatic carbocycles. The van der Waals surface area contributed by atoms with Gasteiger partial charge in [-0.25, -0.2) is 8.42 Å². The molecule has 1 heterocycles. The Balaban J connectivity index is 1.73. The van der Waals surface area contributed by atoms with Crippen LogP contribution in [0, 0.1) is 17.3 Å². The molecule has 0 bridgehead atoms. The molecule has 3 rings (SSSR count). The van der Waals surface area contributed by atoms with Gasteiger partial charge in [-0.05, 0) is 36.2 Å². The highest BCUT2D eigenvalue weighted by Gasteiger charge is 2.60. The van der Waals surface area contributed by atoms with Crippen molar-refractivity contribution in [1.29, 1.82) is 0 Å². The van der Waals surface area contributed by atoms with E-state index in [1.54, 1.807) is 0 Å². The minimum atomic E-state index is -2.88. The summed E-state index contributed by atoms with van der Waals surface area (Å²) in [4.78, 5) is 14.9. The highest BCUT2D eigenvalue weighted by atomic mass is 32.2. The fourth-order valence-electron chi connectivity index (χ4n) is 4.28. The van der Waals surface area contributed by atoms with E-state index in [1.807, 2.05) is 30.1 Å². The van der Waals surface area contributed by atoms with E-state index in [4.69, 9.17) is 0 Å². The molecular weight excluding hydrogens is 322 g/mol. The maximum atomic E-state index is 13.0. The number of hydrogen-bond acceptors (Lipinski definition) is 3. The first-order valence-electron chi connectivity index (χ1n) is 8.78. The molecule has 0 radical (unpaired) electrons. The van der Waals surface area contributed by atoms with Gasteiger partial charge in [-0.3, -0.25) is 4.79 Å². The molecule has 0 unspecified atom stereocenters. The second-order valence-electron chi connectivity index (χ2n) is 7.82. The largest absolute Gasteiger partial charge is 0.338 e. The highest BCUT2D eigenvalue weighted by molar-refractivity contribution is 7.91. The summed E-state index contributed by atoms with van der Waals surface area (Å²) in [7, 11) is -0.986. The van der Waals surface area contributed by atoms with E-state index in [-0.39, 0.29) is 34.8 Å². The summed E-state index contributed by atoms with van der Waals surface area (Å²) in [5.41, 5.74) is 1.11. The quantitative estimate of drug-likeness (QED) is 0.839. The lowest BCUT2D eigenvalue weighted by Gasteiger charge is -2.33. The van der Waals surface area contributed by atoms with Gasteiger partial charge in [-0.15, -0.1) is 0 Å². The predicted octanol–water partition coefficient (Wildman–Crippen LogP) is 3.06. The SMILES string of the molecule is CC(C)[C@H](c1ccccc1)N(C)C(=O)[C@H]1CC12CCS(=O)(=O)CC2. The fraction of sp³-hybridized carbons (Fsp3) is 0.632. The van der Waals surface area contributed by atoms with Gasteiger partial charge in [-0.2, -0.15) is 0 Å². The lowest BCUT2D eigenvalue weighted by molar-refractivity contribution is -0.135. The van der Waals surface area contributed by atoms with Crippen molar-refractivity contribution in [3.05, 3.63) is 35.9 Å². The van der Waals surface area contributed by atoms with Crippen LogP contribution in [0.2, 0.25) is 0 Å². The van der Waals surface area contributed by atoms with E-state index >= 15 is 0 Å². The second-order valence-corrected chi connectivity index (χ2v) is 10.1. The molecule has 132 valence electrons. The monoisotopic (exact) mass is 349 g/mol.